The minimum absolute atomic E-state index is 0.0687. The zero-order valence-corrected chi connectivity index (χ0v) is 12.7. The molecular formula is C13H4Br2F4O. The van der Waals surface area contributed by atoms with E-state index in [0.29, 0.717) is 0 Å². The number of benzene rings is 2. The molecule has 2 aromatic rings. The molecule has 20 heavy (non-hydrogen) atoms. The molecule has 0 unspecified atom stereocenters. The molecule has 2 aromatic carbocycles. The third-order valence-corrected chi connectivity index (χ3v) is 3.58. The van der Waals surface area contributed by atoms with Crippen molar-refractivity contribution in [2.75, 3.05) is 0 Å². The summed E-state index contributed by atoms with van der Waals surface area (Å²) in [5, 5.41) is 0. The third-order valence-electron chi connectivity index (χ3n) is 2.50. The van der Waals surface area contributed by atoms with Gasteiger partial charge in [0.15, 0.2) is 5.82 Å². The van der Waals surface area contributed by atoms with E-state index in [9.17, 15) is 22.4 Å². The predicted octanol–water partition coefficient (Wildman–Crippen LogP) is 5.00. The molecule has 0 atom stereocenters. The number of rotatable bonds is 2. The van der Waals surface area contributed by atoms with E-state index >= 15 is 0 Å². The monoisotopic (exact) mass is 410 g/mol. The normalized spacial score (nSPS) is 10.7. The van der Waals surface area contributed by atoms with E-state index in [-0.39, 0.29) is 8.95 Å². The Balaban J connectivity index is 2.67. The number of carbonyl (C=O) groups is 1. The van der Waals surface area contributed by atoms with Crippen LogP contribution in [0.1, 0.15) is 15.9 Å². The lowest BCUT2D eigenvalue weighted by atomic mass is 10.0. The van der Waals surface area contributed by atoms with Gasteiger partial charge in [-0.05, 0) is 40.2 Å². The first-order valence-corrected chi connectivity index (χ1v) is 6.74. The van der Waals surface area contributed by atoms with Gasteiger partial charge in [-0.25, -0.2) is 17.6 Å². The molecule has 0 amide bonds. The van der Waals surface area contributed by atoms with Gasteiger partial charge in [-0.2, -0.15) is 0 Å². The van der Waals surface area contributed by atoms with Gasteiger partial charge in [0.1, 0.15) is 17.5 Å². The smallest absolute Gasteiger partial charge is 0.204 e. The van der Waals surface area contributed by atoms with Gasteiger partial charge in [-0.1, -0.05) is 15.9 Å². The quantitative estimate of drug-likeness (QED) is 0.386. The molecule has 0 N–H and O–H groups in total. The second-order valence-electron chi connectivity index (χ2n) is 3.79. The number of hydrogen-bond acceptors (Lipinski definition) is 1. The fourth-order valence-electron chi connectivity index (χ4n) is 1.62. The molecule has 0 aliphatic rings. The molecule has 0 fully saturated rings. The Morgan fingerprint density at radius 1 is 0.850 bits per heavy atom. The van der Waals surface area contributed by atoms with Gasteiger partial charge < -0.3 is 0 Å². The summed E-state index contributed by atoms with van der Waals surface area (Å²) in [5.74, 6) is -6.22. The Labute approximate surface area is 127 Å². The van der Waals surface area contributed by atoms with Crippen LogP contribution in [0.2, 0.25) is 0 Å². The summed E-state index contributed by atoms with van der Waals surface area (Å²) in [5.41, 5.74) is -2.02. The van der Waals surface area contributed by atoms with Crippen LogP contribution in [-0.4, -0.2) is 5.78 Å². The van der Waals surface area contributed by atoms with Gasteiger partial charge in [-0.3, -0.25) is 4.79 Å². The van der Waals surface area contributed by atoms with Crippen LogP contribution in [0.5, 0.6) is 0 Å². The van der Waals surface area contributed by atoms with Gasteiger partial charge in [0.05, 0.1) is 15.6 Å². The number of halogens is 6. The molecule has 2 rings (SSSR count). The highest BCUT2D eigenvalue weighted by molar-refractivity contribution is 9.10. The Hall–Kier alpha value is -1.21. The second-order valence-corrected chi connectivity index (χ2v) is 5.56. The first-order chi connectivity index (χ1) is 9.32. The van der Waals surface area contributed by atoms with Crippen LogP contribution < -0.4 is 0 Å². The van der Waals surface area contributed by atoms with Crippen molar-refractivity contribution in [1.82, 2.24) is 0 Å². The molecule has 0 aliphatic carbocycles. The predicted molar refractivity (Wildman–Crippen MR) is 71.5 cm³/mol. The largest absolute Gasteiger partial charge is 0.288 e. The summed E-state index contributed by atoms with van der Waals surface area (Å²) in [6.45, 7) is 0. The third kappa shape index (κ3) is 2.64. The summed E-state index contributed by atoms with van der Waals surface area (Å²) >= 11 is 5.63. The minimum atomic E-state index is -1.40. The number of hydrogen-bond donors (Lipinski definition) is 0. The Morgan fingerprint density at radius 3 is 1.95 bits per heavy atom. The van der Waals surface area contributed by atoms with Crippen molar-refractivity contribution in [3.8, 4) is 0 Å². The van der Waals surface area contributed by atoms with Gasteiger partial charge >= 0.3 is 0 Å². The summed E-state index contributed by atoms with van der Waals surface area (Å²) in [6, 6.07) is 3.55. The lowest BCUT2D eigenvalue weighted by Gasteiger charge is -2.08. The molecule has 0 saturated carbocycles. The molecule has 7 heteroatoms. The Kier molecular flexibility index (Phi) is 4.29. The van der Waals surface area contributed by atoms with E-state index in [1.807, 2.05) is 0 Å². The Bertz CT molecular complexity index is 693. The van der Waals surface area contributed by atoms with E-state index in [2.05, 4.69) is 31.9 Å². The topological polar surface area (TPSA) is 17.1 Å². The molecule has 0 spiro atoms. The highest BCUT2D eigenvalue weighted by Gasteiger charge is 2.26. The van der Waals surface area contributed by atoms with Crippen LogP contribution in [0.4, 0.5) is 17.6 Å². The fraction of sp³-hybridized carbons (Fsp3) is 0. The maximum atomic E-state index is 13.8. The van der Waals surface area contributed by atoms with Crippen molar-refractivity contribution in [3.63, 3.8) is 0 Å². The molecule has 104 valence electrons. The number of carbonyl (C=O) groups excluding carboxylic acids is 1. The van der Waals surface area contributed by atoms with Crippen LogP contribution in [-0.2, 0) is 0 Å². The van der Waals surface area contributed by atoms with Gasteiger partial charge in [0.2, 0.25) is 5.78 Å². The molecule has 1 nitrogen and oxygen atoms in total. The van der Waals surface area contributed by atoms with Crippen molar-refractivity contribution in [3.05, 3.63) is 67.6 Å². The summed E-state index contributed by atoms with van der Waals surface area (Å²) in [4.78, 5) is 12.0. The maximum Gasteiger partial charge on any atom is 0.204 e. The molecular weight excluding hydrogens is 408 g/mol. The fourth-order valence-corrected chi connectivity index (χ4v) is 2.35. The van der Waals surface area contributed by atoms with Crippen LogP contribution in [0.3, 0.4) is 0 Å². The van der Waals surface area contributed by atoms with Crippen LogP contribution in [0, 0.1) is 23.3 Å². The van der Waals surface area contributed by atoms with Crippen molar-refractivity contribution in [1.29, 1.82) is 0 Å². The van der Waals surface area contributed by atoms with E-state index < -0.39 is 40.2 Å². The summed E-state index contributed by atoms with van der Waals surface area (Å²) < 4.78 is 54.6. The number of ketones is 1. The van der Waals surface area contributed by atoms with Gasteiger partial charge in [0.25, 0.3) is 0 Å². The minimum Gasteiger partial charge on any atom is -0.288 e. The van der Waals surface area contributed by atoms with E-state index in [1.165, 1.54) is 0 Å². The van der Waals surface area contributed by atoms with E-state index in [0.717, 1.165) is 24.3 Å². The van der Waals surface area contributed by atoms with E-state index in [4.69, 9.17) is 0 Å². The van der Waals surface area contributed by atoms with Crippen molar-refractivity contribution in [2.45, 2.75) is 0 Å². The second kappa shape index (κ2) is 5.65. The summed E-state index contributed by atoms with van der Waals surface area (Å²) in [7, 11) is 0. The highest BCUT2D eigenvalue weighted by Crippen LogP contribution is 2.27. The molecule has 0 radical (unpaired) electrons. The van der Waals surface area contributed by atoms with Gasteiger partial charge in [0, 0.05) is 4.47 Å². The molecule has 0 heterocycles. The standard InChI is InChI=1S/C13H4Br2F4O/c14-5-3-8(17)10(9(18)4-5)13(20)11-7(16)2-1-6(15)12(11)19/h1-4H. The molecule has 0 bridgehead atoms. The average molecular weight is 412 g/mol. The Morgan fingerprint density at radius 2 is 1.40 bits per heavy atom. The molecule has 0 aromatic heterocycles. The molecule has 0 aliphatic heterocycles. The maximum absolute atomic E-state index is 13.8. The lowest BCUT2D eigenvalue weighted by molar-refractivity contribution is 0.102. The lowest BCUT2D eigenvalue weighted by Crippen LogP contribution is -2.12. The van der Waals surface area contributed by atoms with Crippen LogP contribution >= 0.6 is 31.9 Å². The summed E-state index contributed by atoms with van der Waals surface area (Å²) in [6.07, 6.45) is 0. The zero-order valence-electron chi connectivity index (χ0n) is 9.49. The average Bonchev–Trinajstić information content (AvgIpc) is 2.33. The first-order valence-electron chi connectivity index (χ1n) is 5.15. The van der Waals surface area contributed by atoms with Crippen molar-refractivity contribution in [2.24, 2.45) is 0 Å². The molecule has 0 saturated heterocycles. The first kappa shape index (κ1) is 15.2. The van der Waals surface area contributed by atoms with Crippen LogP contribution in [0.15, 0.2) is 33.2 Å². The zero-order chi connectivity index (χ0) is 15.0. The SMILES string of the molecule is O=C(c1c(F)cc(Br)cc1F)c1c(F)ccc(Br)c1F. The van der Waals surface area contributed by atoms with E-state index in [1.54, 1.807) is 0 Å². The highest BCUT2D eigenvalue weighted by atomic mass is 79.9. The van der Waals surface area contributed by atoms with Gasteiger partial charge in [-0.15, -0.1) is 0 Å². The van der Waals surface area contributed by atoms with Crippen molar-refractivity contribution < 1.29 is 22.4 Å². The van der Waals surface area contributed by atoms with Crippen LogP contribution in [0.25, 0.3) is 0 Å². The van der Waals surface area contributed by atoms with Crippen molar-refractivity contribution >= 4 is 37.6 Å².